The van der Waals surface area contributed by atoms with Crippen molar-refractivity contribution in [3.63, 3.8) is 0 Å². The van der Waals surface area contributed by atoms with Crippen LogP contribution in [0.1, 0.15) is 0 Å². The molecule has 0 atom stereocenters. The monoisotopic (exact) mass is 484 g/mol. The average molecular weight is 485 g/mol. The van der Waals surface area contributed by atoms with Crippen molar-refractivity contribution in [2.24, 2.45) is 0 Å². The molecule has 0 fully saturated rings. The highest BCUT2D eigenvalue weighted by Gasteiger charge is 2.11. The standard InChI is InChI=1S/C18H14Cl2N4O2S3/c19-11-3-1-5-13(7-11)21-15(25)9-27-17-23-24-18(29-17)28-10-16(26)22-14-6-2-4-12(20)8-14/h1-8H,9-10H2,(H,21,25)(H,22,26). The maximum absolute atomic E-state index is 12.0. The van der Waals surface area contributed by atoms with Crippen molar-refractivity contribution in [1.82, 2.24) is 10.2 Å². The molecule has 1 heterocycles. The van der Waals surface area contributed by atoms with E-state index in [1.807, 2.05) is 0 Å². The summed E-state index contributed by atoms with van der Waals surface area (Å²) in [5.74, 6) is 0.0624. The number of nitrogens with zero attached hydrogens (tertiary/aromatic N) is 2. The Morgan fingerprint density at radius 2 is 1.28 bits per heavy atom. The van der Waals surface area contributed by atoms with Crippen molar-refractivity contribution in [3.05, 3.63) is 58.6 Å². The van der Waals surface area contributed by atoms with Crippen LogP contribution in [-0.2, 0) is 9.59 Å². The topological polar surface area (TPSA) is 84.0 Å². The van der Waals surface area contributed by atoms with Crippen LogP contribution in [0.5, 0.6) is 0 Å². The van der Waals surface area contributed by atoms with Crippen molar-refractivity contribution >= 4 is 81.3 Å². The van der Waals surface area contributed by atoms with Crippen molar-refractivity contribution in [2.45, 2.75) is 8.68 Å². The lowest BCUT2D eigenvalue weighted by molar-refractivity contribution is -0.114. The summed E-state index contributed by atoms with van der Waals surface area (Å²) in [4.78, 5) is 24.1. The normalized spacial score (nSPS) is 10.6. The third kappa shape index (κ3) is 7.52. The first kappa shape index (κ1) is 21.9. The fraction of sp³-hybridized carbons (Fsp3) is 0.111. The van der Waals surface area contributed by atoms with Gasteiger partial charge >= 0.3 is 0 Å². The van der Waals surface area contributed by atoms with E-state index in [0.29, 0.717) is 30.1 Å². The number of aromatic nitrogens is 2. The minimum Gasteiger partial charge on any atom is -0.325 e. The molecule has 0 aliphatic carbocycles. The van der Waals surface area contributed by atoms with Crippen LogP contribution in [-0.4, -0.2) is 33.5 Å². The zero-order chi connectivity index (χ0) is 20.6. The SMILES string of the molecule is O=C(CSc1nnc(SCC(=O)Nc2cccc(Cl)c2)s1)Nc1cccc(Cl)c1. The first-order chi connectivity index (χ1) is 14.0. The van der Waals surface area contributed by atoms with Gasteiger partial charge in [0.15, 0.2) is 8.68 Å². The molecule has 2 aromatic carbocycles. The zero-order valence-electron chi connectivity index (χ0n) is 14.7. The quantitative estimate of drug-likeness (QED) is 0.421. The number of anilines is 2. The molecule has 0 unspecified atom stereocenters. The van der Waals surface area contributed by atoms with E-state index in [0.717, 1.165) is 0 Å². The first-order valence-electron chi connectivity index (χ1n) is 8.18. The number of thioether (sulfide) groups is 2. The van der Waals surface area contributed by atoms with Crippen molar-refractivity contribution < 1.29 is 9.59 Å². The summed E-state index contributed by atoms with van der Waals surface area (Å²) in [5, 5.41) is 14.7. The molecular formula is C18H14Cl2N4O2S3. The van der Waals surface area contributed by atoms with Crippen molar-refractivity contribution in [3.8, 4) is 0 Å². The Morgan fingerprint density at radius 1 is 0.828 bits per heavy atom. The second kappa shape index (κ2) is 10.8. The van der Waals surface area contributed by atoms with Gasteiger partial charge in [-0.15, -0.1) is 10.2 Å². The summed E-state index contributed by atoms with van der Waals surface area (Å²) >= 11 is 15.7. The van der Waals surface area contributed by atoms with Gasteiger partial charge in [-0.2, -0.15) is 0 Å². The number of carbonyl (C=O) groups excluding carboxylic acids is 2. The van der Waals surface area contributed by atoms with E-state index in [9.17, 15) is 9.59 Å². The summed E-state index contributed by atoms with van der Waals surface area (Å²) in [7, 11) is 0. The number of rotatable bonds is 8. The fourth-order valence-electron chi connectivity index (χ4n) is 2.10. The lowest BCUT2D eigenvalue weighted by Crippen LogP contribution is -2.13. The molecule has 6 nitrogen and oxygen atoms in total. The number of hydrogen-bond acceptors (Lipinski definition) is 7. The van der Waals surface area contributed by atoms with Gasteiger partial charge in [-0.25, -0.2) is 0 Å². The lowest BCUT2D eigenvalue weighted by Gasteiger charge is -2.04. The van der Waals surface area contributed by atoms with Crippen LogP contribution in [0, 0.1) is 0 Å². The molecule has 1 aromatic heterocycles. The van der Waals surface area contributed by atoms with Crippen LogP contribution in [0.3, 0.4) is 0 Å². The number of benzene rings is 2. The van der Waals surface area contributed by atoms with Crippen molar-refractivity contribution in [1.29, 1.82) is 0 Å². The molecular weight excluding hydrogens is 471 g/mol. The van der Waals surface area contributed by atoms with Gasteiger partial charge in [0.25, 0.3) is 0 Å². The summed E-state index contributed by atoms with van der Waals surface area (Å²) in [6.45, 7) is 0. The van der Waals surface area contributed by atoms with Gasteiger partial charge in [-0.1, -0.05) is 70.2 Å². The molecule has 2 N–H and O–H groups in total. The van der Waals surface area contributed by atoms with Crippen LogP contribution >= 0.6 is 58.1 Å². The van der Waals surface area contributed by atoms with Crippen molar-refractivity contribution in [2.75, 3.05) is 22.1 Å². The van der Waals surface area contributed by atoms with Gasteiger partial charge in [0.1, 0.15) is 0 Å². The second-order valence-corrected chi connectivity index (χ2v) is 9.82. The maximum atomic E-state index is 12.0. The number of amides is 2. The van der Waals surface area contributed by atoms with Gasteiger partial charge in [0, 0.05) is 21.4 Å². The molecule has 0 aliphatic rings. The van der Waals surface area contributed by atoms with E-state index in [4.69, 9.17) is 23.2 Å². The van der Waals surface area contributed by atoms with Gasteiger partial charge < -0.3 is 10.6 Å². The van der Waals surface area contributed by atoms with Gasteiger partial charge in [0.2, 0.25) is 11.8 Å². The largest absolute Gasteiger partial charge is 0.325 e. The molecule has 2 amide bonds. The summed E-state index contributed by atoms with van der Waals surface area (Å²) in [6.07, 6.45) is 0. The Balaban J connectivity index is 1.42. The van der Waals surface area contributed by atoms with Gasteiger partial charge in [-0.05, 0) is 36.4 Å². The minimum absolute atomic E-state index is 0.164. The Labute approximate surface area is 189 Å². The van der Waals surface area contributed by atoms with Crippen LogP contribution in [0.2, 0.25) is 10.0 Å². The Kier molecular flexibility index (Phi) is 8.19. The summed E-state index contributed by atoms with van der Waals surface area (Å²) in [6, 6.07) is 13.9. The Bertz CT molecular complexity index is 938. The third-order valence-corrected chi connectivity index (χ3v) is 6.92. The van der Waals surface area contributed by atoms with Crippen LogP contribution in [0.4, 0.5) is 11.4 Å². The molecule has 0 saturated heterocycles. The molecule has 150 valence electrons. The first-order valence-corrected chi connectivity index (χ1v) is 11.7. The van der Waals surface area contributed by atoms with E-state index in [1.54, 1.807) is 48.5 Å². The predicted octanol–water partition coefficient (Wildman–Crippen LogP) is 5.31. The fourth-order valence-corrected chi connectivity index (χ4v) is 5.10. The molecule has 29 heavy (non-hydrogen) atoms. The Hall–Kier alpha value is -1.78. The molecule has 3 rings (SSSR count). The zero-order valence-corrected chi connectivity index (χ0v) is 18.7. The van der Waals surface area contributed by atoms with Gasteiger partial charge in [-0.3, -0.25) is 9.59 Å². The van der Waals surface area contributed by atoms with E-state index >= 15 is 0 Å². The smallest absolute Gasteiger partial charge is 0.234 e. The van der Waals surface area contributed by atoms with Gasteiger partial charge in [0.05, 0.1) is 11.5 Å². The second-order valence-electron chi connectivity index (χ2n) is 5.53. The highest BCUT2D eigenvalue weighted by Crippen LogP contribution is 2.29. The van der Waals surface area contributed by atoms with E-state index in [-0.39, 0.29) is 23.3 Å². The van der Waals surface area contributed by atoms with E-state index in [1.165, 1.54) is 34.9 Å². The van der Waals surface area contributed by atoms with Crippen LogP contribution in [0.15, 0.2) is 57.2 Å². The molecule has 0 radical (unpaired) electrons. The van der Waals surface area contributed by atoms with Crippen LogP contribution in [0.25, 0.3) is 0 Å². The third-order valence-electron chi connectivity index (χ3n) is 3.26. The molecule has 0 spiro atoms. The molecule has 0 bridgehead atoms. The number of nitrogens with one attached hydrogen (secondary N) is 2. The average Bonchev–Trinajstić information content (AvgIpc) is 3.13. The molecule has 0 aliphatic heterocycles. The van der Waals surface area contributed by atoms with E-state index in [2.05, 4.69) is 20.8 Å². The Morgan fingerprint density at radius 3 is 1.69 bits per heavy atom. The van der Waals surface area contributed by atoms with Crippen LogP contribution < -0.4 is 10.6 Å². The highest BCUT2D eigenvalue weighted by atomic mass is 35.5. The van der Waals surface area contributed by atoms with E-state index < -0.39 is 0 Å². The summed E-state index contributed by atoms with van der Waals surface area (Å²) in [5.41, 5.74) is 1.28. The molecule has 3 aromatic rings. The number of carbonyl (C=O) groups is 2. The number of hydrogen-bond donors (Lipinski definition) is 2. The summed E-state index contributed by atoms with van der Waals surface area (Å²) < 4.78 is 1.31. The highest BCUT2D eigenvalue weighted by molar-refractivity contribution is 8.03. The molecule has 11 heteroatoms. The minimum atomic E-state index is -0.164. The molecule has 0 saturated carbocycles. The predicted molar refractivity (Wildman–Crippen MR) is 122 cm³/mol. The number of halogens is 2. The maximum Gasteiger partial charge on any atom is 0.234 e. The lowest BCUT2D eigenvalue weighted by atomic mass is 10.3.